The zero-order valence-corrected chi connectivity index (χ0v) is 14.3. The van der Waals surface area contributed by atoms with Crippen molar-refractivity contribution in [3.05, 3.63) is 40.0 Å². The number of hydrogen-bond donors (Lipinski definition) is 1. The molecule has 0 radical (unpaired) electrons. The van der Waals surface area contributed by atoms with Crippen molar-refractivity contribution in [2.75, 3.05) is 18.0 Å². The van der Waals surface area contributed by atoms with E-state index in [0.717, 1.165) is 6.07 Å². The Morgan fingerprint density at radius 1 is 1.32 bits per heavy atom. The molecule has 1 saturated heterocycles. The van der Waals surface area contributed by atoms with Crippen LogP contribution in [0.3, 0.4) is 0 Å². The Morgan fingerprint density at radius 3 is 2.64 bits per heavy atom. The second kappa shape index (κ2) is 6.99. The van der Waals surface area contributed by atoms with E-state index in [9.17, 15) is 18.0 Å². The van der Waals surface area contributed by atoms with Crippen LogP contribution < -0.4 is 10.2 Å². The van der Waals surface area contributed by atoms with Crippen LogP contribution in [-0.4, -0.2) is 35.0 Å². The third kappa shape index (κ3) is 4.09. The van der Waals surface area contributed by atoms with Gasteiger partial charge in [0.25, 0.3) is 5.91 Å². The van der Waals surface area contributed by atoms with Gasteiger partial charge in [0.1, 0.15) is 16.4 Å². The van der Waals surface area contributed by atoms with Crippen LogP contribution in [0.15, 0.2) is 23.7 Å². The van der Waals surface area contributed by atoms with Crippen LogP contribution in [0.25, 0.3) is 0 Å². The molecule has 1 fully saturated rings. The number of aryl methyl sites for hydroxylation is 1. The molecule has 0 bridgehead atoms. The number of aromatic nitrogens is 2. The molecule has 5 nitrogen and oxygen atoms in total. The fourth-order valence-electron chi connectivity index (χ4n) is 2.78. The van der Waals surface area contributed by atoms with Crippen molar-refractivity contribution < 1.29 is 18.0 Å². The zero-order valence-electron chi connectivity index (χ0n) is 13.5. The third-order valence-electron chi connectivity index (χ3n) is 4.13. The second-order valence-electron chi connectivity index (χ2n) is 5.88. The molecule has 25 heavy (non-hydrogen) atoms. The maximum atomic E-state index is 12.8. The number of carbonyl (C=O) groups is 1. The lowest BCUT2D eigenvalue weighted by Gasteiger charge is -2.33. The van der Waals surface area contributed by atoms with Gasteiger partial charge in [0.2, 0.25) is 0 Å². The van der Waals surface area contributed by atoms with Crippen LogP contribution in [0.5, 0.6) is 0 Å². The van der Waals surface area contributed by atoms with Crippen molar-refractivity contribution in [1.29, 1.82) is 0 Å². The predicted molar refractivity (Wildman–Crippen MR) is 88.8 cm³/mol. The number of piperidine rings is 1. The van der Waals surface area contributed by atoms with Gasteiger partial charge in [0, 0.05) is 19.1 Å². The molecule has 3 rings (SSSR count). The number of thiazole rings is 1. The quantitative estimate of drug-likeness (QED) is 0.901. The molecule has 0 aliphatic carbocycles. The number of halogens is 3. The predicted octanol–water partition coefficient (Wildman–Crippen LogP) is 3.26. The van der Waals surface area contributed by atoms with Gasteiger partial charge in [-0.3, -0.25) is 4.79 Å². The molecule has 0 saturated carbocycles. The lowest BCUT2D eigenvalue weighted by Crippen LogP contribution is -2.45. The van der Waals surface area contributed by atoms with Crippen molar-refractivity contribution >= 4 is 23.1 Å². The highest BCUT2D eigenvalue weighted by atomic mass is 32.1. The van der Waals surface area contributed by atoms with Gasteiger partial charge in [-0.2, -0.15) is 13.2 Å². The molecule has 134 valence electrons. The highest BCUT2D eigenvalue weighted by Crippen LogP contribution is 2.29. The Balaban J connectivity index is 1.59. The average molecular weight is 370 g/mol. The first-order valence-electron chi connectivity index (χ1n) is 7.85. The molecule has 0 aromatic carbocycles. The summed E-state index contributed by atoms with van der Waals surface area (Å²) in [5, 5.41) is 2.97. The third-order valence-corrected chi connectivity index (χ3v) is 5.06. The molecule has 2 aromatic rings. The fraction of sp³-hybridized carbons (Fsp3) is 0.438. The summed E-state index contributed by atoms with van der Waals surface area (Å²) in [7, 11) is 0. The maximum Gasteiger partial charge on any atom is 0.433 e. The summed E-state index contributed by atoms with van der Waals surface area (Å²) in [4.78, 5) is 22.4. The second-order valence-corrected chi connectivity index (χ2v) is 6.74. The highest BCUT2D eigenvalue weighted by molar-refractivity contribution is 7.11. The van der Waals surface area contributed by atoms with Crippen molar-refractivity contribution in [1.82, 2.24) is 15.3 Å². The molecular formula is C16H17F3N4OS. The number of hydrogen-bond acceptors (Lipinski definition) is 5. The Kier molecular flexibility index (Phi) is 4.94. The van der Waals surface area contributed by atoms with E-state index in [0.29, 0.717) is 42.3 Å². The lowest BCUT2D eigenvalue weighted by molar-refractivity contribution is -0.141. The number of nitrogens with one attached hydrogen (secondary N) is 1. The van der Waals surface area contributed by atoms with Gasteiger partial charge in [0.15, 0.2) is 0 Å². The topological polar surface area (TPSA) is 58.1 Å². The van der Waals surface area contributed by atoms with Gasteiger partial charge in [0.05, 0.1) is 11.2 Å². The van der Waals surface area contributed by atoms with Crippen LogP contribution in [0.4, 0.5) is 19.0 Å². The minimum absolute atomic E-state index is 0.00366. The Labute approximate surface area is 146 Å². The SMILES string of the molecule is Cc1ncsc1C(=O)NC1CCN(c2cccc(C(F)(F)F)n2)CC1. The number of anilines is 1. The van der Waals surface area contributed by atoms with Crippen LogP contribution in [0, 0.1) is 6.92 Å². The number of nitrogens with zero attached hydrogens (tertiary/aromatic N) is 3. The molecular weight excluding hydrogens is 353 g/mol. The van der Waals surface area contributed by atoms with E-state index in [1.54, 1.807) is 18.5 Å². The minimum atomic E-state index is -4.45. The standard InChI is InChI=1S/C16H17F3N4OS/c1-10-14(25-9-20-10)15(24)21-11-5-7-23(8-6-11)13-4-2-3-12(22-13)16(17,18)19/h2-4,9,11H,5-8H2,1H3,(H,21,24). The van der Waals surface area contributed by atoms with Crippen LogP contribution in [0.2, 0.25) is 0 Å². The number of alkyl halides is 3. The van der Waals surface area contributed by atoms with Gasteiger partial charge >= 0.3 is 6.18 Å². The normalized spacial score (nSPS) is 16.1. The number of amides is 1. The highest BCUT2D eigenvalue weighted by Gasteiger charge is 2.33. The summed E-state index contributed by atoms with van der Waals surface area (Å²) in [6, 6.07) is 3.91. The number of pyridine rings is 1. The van der Waals surface area contributed by atoms with Gasteiger partial charge in [-0.25, -0.2) is 9.97 Å². The largest absolute Gasteiger partial charge is 0.433 e. The molecule has 0 spiro atoms. The first-order chi connectivity index (χ1) is 11.8. The summed E-state index contributed by atoms with van der Waals surface area (Å²) in [6.07, 6.45) is -3.14. The smallest absolute Gasteiger partial charge is 0.356 e. The van der Waals surface area contributed by atoms with Crippen molar-refractivity contribution in [2.45, 2.75) is 32.0 Å². The Morgan fingerprint density at radius 2 is 2.04 bits per heavy atom. The first kappa shape index (κ1) is 17.7. The molecule has 1 aliphatic rings. The van der Waals surface area contributed by atoms with E-state index < -0.39 is 11.9 Å². The van der Waals surface area contributed by atoms with E-state index in [2.05, 4.69) is 15.3 Å². The van der Waals surface area contributed by atoms with Crippen molar-refractivity contribution in [3.8, 4) is 0 Å². The molecule has 2 aromatic heterocycles. The van der Waals surface area contributed by atoms with Crippen LogP contribution >= 0.6 is 11.3 Å². The van der Waals surface area contributed by atoms with Gasteiger partial charge < -0.3 is 10.2 Å². The van der Waals surface area contributed by atoms with Crippen LogP contribution in [-0.2, 0) is 6.18 Å². The molecule has 0 unspecified atom stereocenters. The van der Waals surface area contributed by atoms with Crippen LogP contribution in [0.1, 0.15) is 33.9 Å². The monoisotopic (exact) mass is 370 g/mol. The van der Waals surface area contributed by atoms with E-state index in [1.165, 1.54) is 17.4 Å². The van der Waals surface area contributed by atoms with Gasteiger partial charge in [-0.15, -0.1) is 11.3 Å². The molecule has 0 atom stereocenters. The summed E-state index contributed by atoms with van der Waals surface area (Å²) < 4.78 is 38.3. The zero-order chi connectivity index (χ0) is 18.0. The molecule has 1 aliphatic heterocycles. The van der Waals surface area contributed by atoms with Crippen molar-refractivity contribution in [3.63, 3.8) is 0 Å². The summed E-state index contributed by atoms with van der Waals surface area (Å²) in [5.74, 6) is 0.175. The fourth-order valence-corrected chi connectivity index (χ4v) is 3.49. The molecule has 1 amide bonds. The molecule has 3 heterocycles. The van der Waals surface area contributed by atoms with E-state index in [1.807, 2.05) is 4.90 Å². The summed E-state index contributed by atoms with van der Waals surface area (Å²) in [5.41, 5.74) is 1.45. The number of carbonyl (C=O) groups excluding carboxylic acids is 1. The van der Waals surface area contributed by atoms with E-state index in [4.69, 9.17) is 0 Å². The molecule has 9 heteroatoms. The van der Waals surface area contributed by atoms with Crippen molar-refractivity contribution in [2.24, 2.45) is 0 Å². The Bertz CT molecular complexity index is 754. The number of rotatable bonds is 3. The minimum Gasteiger partial charge on any atom is -0.356 e. The van der Waals surface area contributed by atoms with Gasteiger partial charge in [-0.1, -0.05) is 6.07 Å². The molecule has 1 N–H and O–H groups in total. The first-order valence-corrected chi connectivity index (χ1v) is 8.72. The lowest BCUT2D eigenvalue weighted by atomic mass is 10.0. The van der Waals surface area contributed by atoms with E-state index >= 15 is 0 Å². The van der Waals surface area contributed by atoms with E-state index in [-0.39, 0.29) is 11.9 Å². The van der Waals surface area contributed by atoms with Gasteiger partial charge in [-0.05, 0) is 31.9 Å². The summed E-state index contributed by atoms with van der Waals surface area (Å²) >= 11 is 1.30. The Hall–Kier alpha value is -2.16. The average Bonchev–Trinajstić information content (AvgIpc) is 3.01. The summed E-state index contributed by atoms with van der Waals surface area (Å²) in [6.45, 7) is 2.87. The maximum absolute atomic E-state index is 12.8.